The van der Waals surface area contributed by atoms with Gasteiger partial charge in [-0.05, 0) is 19.4 Å². The molecule has 0 N–H and O–H groups in total. The first kappa shape index (κ1) is 23.9. The molecule has 1 aromatic carbocycles. The van der Waals surface area contributed by atoms with E-state index < -0.39 is 60.7 Å². The van der Waals surface area contributed by atoms with Crippen LogP contribution in [0, 0.1) is 5.41 Å². The van der Waals surface area contributed by atoms with Crippen LogP contribution in [0.15, 0.2) is 30.3 Å². The second-order valence-electron chi connectivity index (χ2n) is 7.30. The summed E-state index contributed by atoms with van der Waals surface area (Å²) in [6.07, 6.45) is -6.54. The van der Waals surface area contributed by atoms with Crippen LogP contribution >= 0.6 is 0 Å². The number of rotatable bonds is 6. The van der Waals surface area contributed by atoms with Crippen molar-refractivity contribution in [2.75, 3.05) is 19.8 Å². The van der Waals surface area contributed by atoms with Gasteiger partial charge in [0.2, 0.25) is 11.3 Å². The topological polar surface area (TPSA) is 76.2 Å². The van der Waals surface area contributed by atoms with Crippen LogP contribution in [0.5, 0.6) is 0 Å². The minimum atomic E-state index is -6.18. The fraction of sp³-hybridized carbons (Fsp3) is 0.550. The maximum atomic E-state index is 15.1. The van der Waals surface area contributed by atoms with Crippen LogP contribution in [0.2, 0.25) is 0 Å². The predicted molar refractivity (Wildman–Crippen MR) is 97.8 cm³/mol. The Hall–Kier alpha value is -2.76. The Morgan fingerprint density at radius 3 is 2.03 bits per heavy atom. The van der Waals surface area contributed by atoms with Gasteiger partial charge in [-0.25, -0.2) is 5.01 Å². The third kappa shape index (κ3) is 3.31. The van der Waals surface area contributed by atoms with Gasteiger partial charge in [-0.15, -0.1) is 0 Å². The summed E-state index contributed by atoms with van der Waals surface area (Å²) in [5.74, 6) is -9.96. The molecule has 12 heteroatoms. The molecule has 2 heterocycles. The summed E-state index contributed by atoms with van der Waals surface area (Å²) in [6, 6.07) is 2.31. The molecule has 0 unspecified atom stereocenters. The maximum absolute atomic E-state index is 15.1. The molecule has 2 aliphatic heterocycles. The molecular weight excluding hydrogens is 443 g/mol. The van der Waals surface area contributed by atoms with E-state index in [-0.39, 0.29) is 23.5 Å². The van der Waals surface area contributed by atoms with Crippen LogP contribution in [0.1, 0.15) is 31.9 Å². The molecule has 0 spiro atoms. The molecule has 2 aliphatic rings. The zero-order valence-corrected chi connectivity index (χ0v) is 17.2. The fourth-order valence-electron chi connectivity index (χ4n) is 4.39. The summed E-state index contributed by atoms with van der Waals surface area (Å²) < 4.78 is 80.8. The first-order valence-electron chi connectivity index (χ1n) is 9.88. The van der Waals surface area contributed by atoms with E-state index in [9.17, 15) is 27.6 Å². The van der Waals surface area contributed by atoms with Crippen LogP contribution < -0.4 is 0 Å². The summed E-state index contributed by atoms with van der Waals surface area (Å²) in [5, 5.41) is 1.11. The molecule has 2 saturated heterocycles. The summed E-state index contributed by atoms with van der Waals surface area (Å²) in [4.78, 5) is 38.9. The maximum Gasteiger partial charge on any atom is 0.455 e. The van der Waals surface area contributed by atoms with Crippen molar-refractivity contribution in [2.24, 2.45) is 5.41 Å². The number of ether oxygens (including phenoxy) is 2. The number of hydrogen-bond acceptors (Lipinski definition) is 6. The number of carbonyl (C=O) groups excluding carboxylic acids is 3. The highest BCUT2D eigenvalue weighted by Crippen LogP contribution is 2.60. The number of hydrazine groups is 1. The second kappa shape index (κ2) is 8.30. The molecule has 0 radical (unpaired) electrons. The van der Waals surface area contributed by atoms with E-state index >= 15 is 8.78 Å². The van der Waals surface area contributed by atoms with Crippen LogP contribution in [-0.2, 0) is 23.9 Å². The van der Waals surface area contributed by atoms with E-state index in [1.807, 2.05) is 0 Å². The zero-order chi connectivity index (χ0) is 23.9. The number of benzene rings is 1. The Kier molecular flexibility index (Phi) is 6.20. The van der Waals surface area contributed by atoms with E-state index in [0.717, 1.165) is 5.01 Å². The summed E-state index contributed by atoms with van der Waals surface area (Å²) >= 11 is 0. The van der Waals surface area contributed by atoms with Gasteiger partial charge in [-0.2, -0.15) is 22.0 Å². The lowest BCUT2D eigenvalue weighted by Gasteiger charge is -2.39. The second-order valence-corrected chi connectivity index (χ2v) is 7.30. The van der Waals surface area contributed by atoms with E-state index in [4.69, 9.17) is 9.47 Å². The average molecular weight is 464 g/mol. The Balaban J connectivity index is 2.41. The summed E-state index contributed by atoms with van der Waals surface area (Å²) in [6.45, 7) is 1.54. The minimum Gasteiger partial charge on any atom is -0.465 e. The Morgan fingerprint density at radius 1 is 1.03 bits per heavy atom. The molecule has 0 aromatic heterocycles. The van der Waals surface area contributed by atoms with Gasteiger partial charge in [-0.1, -0.05) is 30.3 Å². The number of carbonyl (C=O) groups is 3. The van der Waals surface area contributed by atoms with Crippen molar-refractivity contribution in [3.63, 3.8) is 0 Å². The Bertz CT molecular complexity index is 874. The van der Waals surface area contributed by atoms with Crippen LogP contribution in [0.4, 0.5) is 22.0 Å². The number of esters is 2. The molecular formula is C20H21F5N2O5. The highest BCUT2D eigenvalue weighted by Gasteiger charge is 2.82. The largest absolute Gasteiger partial charge is 0.465 e. The quantitative estimate of drug-likeness (QED) is 0.366. The molecule has 32 heavy (non-hydrogen) atoms. The molecule has 0 saturated carbocycles. The van der Waals surface area contributed by atoms with Crippen LogP contribution in [0.25, 0.3) is 0 Å². The molecule has 2 atom stereocenters. The van der Waals surface area contributed by atoms with Gasteiger partial charge in [-0.3, -0.25) is 19.4 Å². The lowest BCUT2D eigenvalue weighted by Crippen LogP contribution is -2.65. The van der Waals surface area contributed by atoms with Crippen molar-refractivity contribution >= 4 is 17.8 Å². The van der Waals surface area contributed by atoms with E-state index in [1.54, 1.807) is 6.07 Å². The molecule has 0 bridgehead atoms. The normalized spacial score (nSPS) is 23.2. The Morgan fingerprint density at radius 2 is 1.56 bits per heavy atom. The fourth-order valence-corrected chi connectivity index (χ4v) is 4.39. The van der Waals surface area contributed by atoms with Crippen molar-refractivity contribution in [1.82, 2.24) is 10.0 Å². The van der Waals surface area contributed by atoms with Gasteiger partial charge in [0.05, 0.1) is 19.3 Å². The van der Waals surface area contributed by atoms with Crippen molar-refractivity contribution in [3.8, 4) is 0 Å². The lowest BCUT2D eigenvalue weighted by molar-refractivity contribution is -0.310. The molecule has 176 valence electrons. The first-order valence-corrected chi connectivity index (χ1v) is 9.88. The van der Waals surface area contributed by atoms with E-state index in [2.05, 4.69) is 0 Å². The van der Waals surface area contributed by atoms with Crippen LogP contribution in [0.3, 0.4) is 0 Å². The van der Waals surface area contributed by atoms with Crippen molar-refractivity contribution in [3.05, 3.63) is 35.9 Å². The smallest absolute Gasteiger partial charge is 0.455 e. The number of fused-ring (bicyclic) bond motifs is 1. The molecule has 3 rings (SSSR count). The minimum absolute atomic E-state index is 0.0776. The number of hydrogen-bond donors (Lipinski definition) is 0. The van der Waals surface area contributed by atoms with Crippen molar-refractivity contribution in [2.45, 2.75) is 44.5 Å². The van der Waals surface area contributed by atoms with Gasteiger partial charge in [0.1, 0.15) is 0 Å². The van der Waals surface area contributed by atoms with E-state index in [1.165, 1.54) is 38.1 Å². The number of alkyl halides is 5. The summed E-state index contributed by atoms with van der Waals surface area (Å²) in [7, 11) is 0. The predicted octanol–water partition coefficient (Wildman–Crippen LogP) is 2.87. The average Bonchev–Trinajstić information content (AvgIpc) is 3.24. The standard InChI is InChI=1S/C20H21F5N2O5/c1-3-31-16(29)18(17(30)32-4-2)14(12-8-6-5-7-9-12)26-11-10-13(28)27(26)15(18)19(21,22)20(23,24)25/h5-9,14-15H,3-4,10-11H2,1-2H3/t14-,15+/m0/s1. The highest BCUT2D eigenvalue weighted by molar-refractivity contribution is 6.04. The summed E-state index contributed by atoms with van der Waals surface area (Å²) in [5.41, 5.74) is -3.11. The Labute approximate surface area is 180 Å². The van der Waals surface area contributed by atoms with Crippen molar-refractivity contribution in [1.29, 1.82) is 0 Å². The van der Waals surface area contributed by atoms with Gasteiger partial charge in [0.15, 0.2) is 6.04 Å². The number of halogens is 5. The highest BCUT2D eigenvalue weighted by atomic mass is 19.4. The SMILES string of the molecule is CCOC(=O)C1(C(=O)OCC)[C@H](c2ccccc2)N2CCC(=O)N2[C@H]1C(F)(F)C(F)(F)F. The van der Waals surface area contributed by atoms with Gasteiger partial charge < -0.3 is 9.47 Å². The van der Waals surface area contributed by atoms with Gasteiger partial charge in [0, 0.05) is 13.0 Å². The molecule has 1 aromatic rings. The van der Waals surface area contributed by atoms with Crippen molar-refractivity contribution < 1.29 is 45.8 Å². The van der Waals surface area contributed by atoms with Gasteiger partial charge >= 0.3 is 24.0 Å². The first-order chi connectivity index (χ1) is 15.0. The molecule has 1 amide bonds. The molecule has 7 nitrogen and oxygen atoms in total. The lowest BCUT2D eigenvalue weighted by atomic mass is 9.69. The third-order valence-electron chi connectivity index (χ3n) is 5.56. The number of nitrogens with zero attached hydrogens (tertiary/aromatic N) is 2. The monoisotopic (exact) mass is 464 g/mol. The number of amides is 1. The van der Waals surface area contributed by atoms with Crippen LogP contribution in [-0.4, -0.2) is 65.8 Å². The van der Waals surface area contributed by atoms with E-state index in [0.29, 0.717) is 0 Å². The molecule has 0 aliphatic carbocycles. The zero-order valence-electron chi connectivity index (χ0n) is 17.2. The molecule has 2 fully saturated rings. The third-order valence-corrected chi connectivity index (χ3v) is 5.56. The van der Waals surface area contributed by atoms with Gasteiger partial charge in [0.25, 0.3) is 0 Å².